The minimum atomic E-state index is -0.537. The van der Waals surface area contributed by atoms with Crippen LogP contribution in [0.15, 0.2) is 34.7 Å². The van der Waals surface area contributed by atoms with E-state index in [1.165, 1.54) is 7.11 Å². The highest BCUT2D eigenvalue weighted by atomic mass is 35.5. The lowest BCUT2D eigenvalue weighted by molar-refractivity contribution is -0.125. The summed E-state index contributed by atoms with van der Waals surface area (Å²) in [6.07, 6.45) is 1.37. The number of likely N-dealkylation sites (tertiary alicyclic amines) is 1. The Hall–Kier alpha value is -2.55. The van der Waals surface area contributed by atoms with Crippen molar-refractivity contribution in [3.05, 3.63) is 52.4 Å². The van der Waals surface area contributed by atoms with E-state index in [-0.39, 0.29) is 17.9 Å². The minimum Gasteiger partial charge on any atom is -0.496 e. The van der Waals surface area contributed by atoms with Crippen molar-refractivity contribution in [2.24, 2.45) is 0 Å². The maximum Gasteiger partial charge on any atom is 0.258 e. The molecule has 4 rings (SSSR count). The molecule has 2 unspecified atom stereocenters. The number of carbonyl (C=O) groups excluding carboxylic acids is 2. The highest BCUT2D eigenvalue weighted by Crippen LogP contribution is 2.28. The third-order valence-corrected chi connectivity index (χ3v) is 6.49. The van der Waals surface area contributed by atoms with Gasteiger partial charge in [-0.3, -0.25) is 14.5 Å². The minimum absolute atomic E-state index is 0.0925. The molecule has 2 amide bonds. The highest BCUT2D eigenvalue weighted by molar-refractivity contribution is 6.31. The Balaban J connectivity index is 1.46. The van der Waals surface area contributed by atoms with Gasteiger partial charge in [-0.05, 0) is 50.1 Å². The number of furan rings is 1. The second-order valence-electron chi connectivity index (χ2n) is 8.36. The lowest BCUT2D eigenvalue weighted by atomic mass is 10.1. The number of amides is 2. The predicted octanol–water partition coefficient (Wildman–Crippen LogP) is 3.04. The van der Waals surface area contributed by atoms with Crippen molar-refractivity contribution in [3.8, 4) is 5.75 Å². The van der Waals surface area contributed by atoms with Gasteiger partial charge in [0.25, 0.3) is 5.91 Å². The molecule has 2 aliphatic rings. The zero-order valence-corrected chi connectivity index (χ0v) is 19.8. The Morgan fingerprint density at radius 2 is 2.00 bits per heavy atom. The van der Waals surface area contributed by atoms with E-state index in [0.717, 1.165) is 31.0 Å². The summed E-state index contributed by atoms with van der Waals surface area (Å²) in [6.45, 7) is 5.64. The summed E-state index contributed by atoms with van der Waals surface area (Å²) in [5.41, 5.74) is 0.363. The maximum absolute atomic E-state index is 13.3. The quantitative estimate of drug-likeness (QED) is 0.662. The topological polar surface area (TPSA) is 84.2 Å². The van der Waals surface area contributed by atoms with Gasteiger partial charge < -0.3 is 24.1 Å². The molecule has 2 aromatic rings. The number of rotatable bonds is 7. The van der Waals surface area contributed by atoms with Gasteiger partial charge in [0.1, 0.15) is 23.3 Å². The van der Waals surface area contributed by atoms with E-state index >= 15 is 0 Å². The van der Waals surface area contributed by atoms with Gasteiger partial charge >= 0.3 is 0 Å². The first-order valence-corrected chi connectivity index (χ1v) is 11.7. The Morgan fingerprint density at radius 1 is 1.21 bits per heavy atom. The zero-order valence-electron chi connectivity index (χ0n) is 19.0. The number of nitrogens with one attached hydrogen (secondary N) is 1. The molecule has 3 heterocycles. The van der Waals surface area contributed by atoms with Crippen LogP contribution in [0.2, 0.25) is 5.02 Å². The van der Waals surface area contributed by atoms with Crippen LogP contribution in [0.3, 0.4) is 0 Å². The fourth-order valence-corrected chi connectivity index (χ4v) is 4.70. The smallest absolute Gasteiger partial charge is 0.258 e. The fourth-order valence-electron chi connectivity index (χ4n) is 4.53. The van der Waals surface area contributed by atoms with Crippen LogP contribution < -0.4 is 10.1 Å². The van der Waals surface area contributed by atoms with E-state index in [2.05, 4.69) is 10.2 Å². The average molecular weight is 476 g/mol. The molecular formula is C24H30ClN3O5. The number of nitrogens with zero attached hydrogens (tertiary/aromatic N) is 2. The summed E-state index contributed by atoms with van der Waals surface area (Å²) in [5.74, 6) is 1.67. The second kappa shape index (κ2) is 10.6. The van der Waals surface area contributed by atoms with Gasteiger partial charge in [0.2, 0.25) is 5.91 Å². The summed E-state index contributed by atoms with van der Waals surface area (Å²) in [4.78, 5) is 30.3. The van der Waals surface area contributed by atoms with Crippen LogP contribution in [0.25, 0.3) is 0 Å². The summed E-state index contributed by atoms with van der Waals surface area (Å²) in [6, 6.07) is 8.18. The van der Waals surface area contributed by atoms with Crippen molar-refractivity contribution in [1.82, 2.24) is 15.1 Å². The van der Waals surface area contributed by atoms with Crippen LogP contribution in [0.1, 0.15) is 40.8 Å². The second-order valence-corrected chi connectivity index (χ2v) is 8.80. The molecular weight excluding hydrogens is 446 g/mol. The first kappa shape index (κ1) is 23.6. The van der Waals surface area contributed by atoms with Crippen molar-refractivity contribution in [2.45, 2.75) is 31.8 Å². The van der Waals surface area contributed by atoms with Crippen LogP contribution in [0.5, 0.6) is 5.75 Å². The van der Waals surface area contributed by atoms with E-state index in [1.807, 2.05) is 19.1 Å². The lowest BCUT2D eigenvalue weighted by Crippen LogP contribution is -2.49. The molecule has 178 valence electrons. The molecule has 0 aliphatic carbocycles. The van der Waals surface area contributed by atoms with E-state index in [9.17, 15) is 9.59 Å². The Kier molecular flexibility index (Phi) is 7.57. The van der Waals surface area contributed by atoms with Crippen LogP contribution in [0, 0.1) is 6.92 Å². The van der Waals surface area contributed by atoms with Crippen molar-refractivity contribution in [3.63, 3.8) is 0 Å². The SMILES string of the molecule is COc1ccc(Cl)cc1C(=O)N1CCCC1C(=O)NCC(c1ccc(C)o1)N1CCOCC1. The van der Waals surface area contributed by atoms with E-state index in [1.54, 1.807) is 23.1 Å². The standard InChI is InChI=1S/C24H30ClN3O5/c1-16-5-7-22(33-16)20(27-10-12-32-13-11-27)15-26-23(29)19-4-3-9-28(19)24(30)18-14-17(25)6-8-21(18)31-2/h5-8,14,19-20H,3-4,9-13,15H2,1-2H3,(H,26,29). The Morgan fingerprint density at radius 3 is 2.70 bits per heavy atom. The number of benzene rings is 1. The van der Waals surface area contributed by atoms with Crippen molar-refractivity contribution < 1.29 is 23.5 Å². The monoisotopic (exact) mass is 475 g/mol. The van der Waals surface area contributed by atoms with Crippen molar-refractivity contribution in [1.29, 1.82) is 0 Å². The van der Waals surface area contributed by atoms with Gasteiger partial charge in [-0.25, -0.2) is 0 Å². The number of hydrogen-bond donors (Lipinski definition) is 1. The van der Waals surface area contributed by atoms with E-state index in [4.69, 9.17) is 25.5 Å². The largest absolute Gasteiger partial charge is 0.496 e. The van der Waals surface area contributed by atoms with Crippen molar-refractivity contribution >= 4 is 23.4 Å². The molecule has 2 aliphatic heterocycles. The summed E-state index contributed by atoms with van der Waals surface area (Å²) in [5, 5.41) is 3.52. The number of morpholine rings is 1. The van der Waals surface area contributed by atoms with Gasteiger partial charge in [-0.15, -0.1) is 0 Å². The summed E-state index contributed by atoms with van der Waals surface area (Å²) in [7, 11) is 1.51. The van der Waals surface area contributed by atoms with Crippen LogP contribution in [-0.4, -0.2) is 74.2 Å². The third kappa shape index (κ3) is 5.34. The molecule has 9 heteroatoms. The third-order valence-electron chi connectivity index (χ3n) is 6.25. The molecule has 2 atom stereocenters. The highest BCUT2D eigenvalue weighted by Gasteiger charge is 2.36. The van der Waals surface area contributed by atoms with Gasteiger partial charge in [-0.1, -0.05) is 11.6 Å². The number of aryl methyl sites for hydroxylation is 1. The van der Waals surface area contributed by atoms with E-state index < -0.39 is 6.04 Å². The van der Waals surface area contributed by atoms with Gasteiger partial charge in [0.05, 0.1) is 31.9 Å². The maximum atomic E-state index is 13.3. The molecule has 0 spiro atoms. The predicted molar refractivity (Wildman–Crippen MR) is 124 cm³/mol. The molecule has 1 N–H and O–H groups in total. The van der Waals surface area contributed by atoms with Crippen LogP contribution in [-0.2, 0) is 9.53 Å². The molecule has 0 saturated carbocycles. The van der Waals surface area contributed by atoms with E-state index in [0.29, 0.717) is 49.1 Å². The lowest BCUT2D eigenvalue weighted by Gasteiger charge is -2.34. The molecule has 2 saturated heterocycles. The van der Waals surface area contributed by atoms with Gasteiger partial charge in [-0.2, -0.15) is 0 Å². The number of methoxy groups -OCH3 is 1. The van der Waals surface area contributed by atoms with Gasteiger partial charge in [0, 0.05) is 31.2 Å². The molecule has 0 radical (unpaired) electrons. The summed E-state index contributed by atoms with van der Waals surface area (Å²) >= 11 is 6.11. The normalized spacial score (nSPS) is 20.0. The molecule has 8 nitrogen and oxygen atoms in total. The first-order chi connectivity index (χ1) is 16.0. The molecule has 33 heavy (non-hydrogen) atoms. The zero-order chi connectivity index (χ0) is 23.4. The number of ether oxygens (including phenoxy) is 2. The van der Waals surface area contributed by atoms with Gasteiger partial charge in [0.15, 0.2) is 0 Å². The average Bonchev–Trinajstić information content (AvgIpc) is 3.49. The van der Waals surface area contributed by atoms with Crippen LogP contribution in [0.4, 0.5) is 0 Å². The number of hydrogen-bond acceptors (Lipinski definition) is 6. The molecule has 2 fully saturated rings. The molecule has 1 aromatic carbocycles. The summed E-state index contributed by atoms with van der Waals surface area (Å²) < 4.78 is 16.7. The molecule has 0 bridgehead atoms. The number of halogens is 1. The fraction of sp³-hybridized carbons (Fsp3) is 0.500. The Labute approximate surface area is 198 Å². The Bertz CT molecular complexity index is 988. The first-order valence-electron chi connectivity index (χ1n) is 11.3. The number of carbonyl (C=O) groups is 2. The molecule has 1 aromatic heterocycles. The van der Waals surface area contributed by atoms with Crippen molar-refractivity contribution in [2.75, 3.05) is 46.5 Å². The van der Waals surface area contributed by atoms with Crippen LogP contribution >= 0.6 is 11.6 Å².